The number of nitrogen functional groups attached to an aromatic ring is 1. The van der Waals surface area contributed by atoms with Gasteiger partial charge in [-0.05, 0) is 42.5 Å². The lowest BCUT2D eigenvalue weighted by atomic mass is 9.88. The molecule has 1 aromatic rings. The minimum absolute atomic E-state index is 0.0596. The van der Waals surface area contributed by atoms with E-state index in [4.69, 9.17) is 15.9 Å². The highest BCUT2D eigenvalue weighted by Crippen LogP contribution is 2.25. The number of nitrogens with two attached hydrogens (primary N) is 1. The number of hydrogen-bond acceptors (Lipinski definition) is 3. The highest BCUT2D eigenvalue weighted by Gasteiger charge is 2.22. The fourth-order valence-electron chi connectivity index (χ4n) is 2.82. The molecule has 2 atom stereocenters. The van der Waals surface area contributed by atoms with Gasteiger partial charge in [0.25, 0.3) is 0 Å². The summed E-state index contributed by atoms with van der Waals surface area (Å²) in [7, 11) is 1.61. The summed E-state index contributed by atoms with van der Waals surface area (Å²) in [5.41, 5.74) is 7.50. The van der Waals surface area contributed by atoms with E-state index in [1.165, 1.54) is 12.0 Å². The lowest BCUT2D eigenvalue weighted by molar-refractivity contribution is 0.132. The van der Waals surface area contributed by atoms with E-state index in [-0.39, 0.29) is 5.84 Å². The van der Waals surface area contributed by atoms with Crippen LogP contribution in [0.15, 0.2) is 18.2 Å². The Hall–Kier alpha value is -1.55. The second kappa shape index (κ2) is 6.27. The topological polar surface area (TPSA) is 62.3 Å². The lowest BCUT2D eigenvalue weighted by Crippen LogP contribution is -2.37. The normalized spacial score (nSPS) is 23.6. The molecule has 0 spiro atoms. The first-order chi connectivity index (χ1) is 9.51. The van der Waals surface area contributed by atoms with Crippen LogP contribution in [0.5, 0.6) is 5.75 Å². The van der Waals surface area contributed by atoms with Crippen molar-refractivity contribution in [3.63, 3.8) is 0 Å². The molecule has 0 aliphatic carbocycles. The van der Waals surface area contributed by atoms with Gasteiger partial charge >= 0.3 is 0 Å². The first-order valence-electron chi connectivity index (χ1n) is 7.25. The Bertz CT molecular complexity index is 487. The molecule has 0 bridgehead atoms. The van der Waals surface area contributed by atoms with E-state index in [0.29, 0.717) is 11.3 Å². The number of nitrogens with zero attached hydrogens (tertiary/aromatic N) is 1. The van der Waals surface area contributed by atoms with Crippen molar-refractivity contribution in [2.24, 2.45) is 17.6 Å². The lowest BCUT2D eigenvalue weighted by Gasteiger charge is -2.35. The number of likely N-dealkylation sites (tertiary alicyclic amines) is 1. The number of hydrogen-bond donors (Lipinski definition) is 2. The minimum Gasteiger partial charge on any atom is -0.496 e. The molecule has 4 heteroatoms. The van der Waals surface area contributed by atoms with Gasteiger partial charge in [-0.15, -0.1) is 0 Å². The molecule has 0 amide bonds. The molecule has 1 aliphatic heterocycles. The zero-order valence-corrected chi connectivity index (χ0v) is 12.6. The second-order valence-electron chi connectivity index (χ2n) is 5.93. The van der Waals surface area contributed by atoms with Crippen LogP contribution in [0.1, 0.15) is 31.4 Å². The molecular weight excluding hydrogens is 250 g/mol. The monoisotopic (exact) mass is 275 g/mol. The van der Waals surface area contributed by atoms with E-state index in [1.807, 2.05) is 12.1 Å². The Labute approximate surface area is 121 Å². The van der Waals surface area contributed by atoms with Crippen molar-refractivity contribution < 1.29 is 4.74 Å². The quantitative estimate of drug-likeness (QED) is 0.655. The zero-order valence-electron chi connectivity index (χ0n) is 12.6. The number of benzene rings is 1. The smallest absolute Gasteiger partial charge is 0.129 e. The average Bonchev–Trinajstić information content (AvgIpc) is 2.43. The fraction of sp³-hybridized carbons (Fsp3) is 0.562. The van der Waals surface area contributed by atoms with Gasteiger partial charge < -0.3 is 10.5 Å². The molecule has 1 fully saturated rings. The van der Waals surface area contributed by atoms with Crippen molar-refractivity contribution in [1.29, 1.82) is 5.41 Å². The molecule has 0 aromatic heterocycles. The van der Waals surface area contributed by atoms with Crippen LogP contribution in [0.2, 0.25) is 0 Å². The number of amidine groups is 1. The van der Waals surface area contributed by atoms with E-state index >= 15 is 0 Å². The predicted molar refractivity (Wildman–Crippen MR) is 82.2 cm³/mol. The maximum atomic E-state index is 7.64. The first kappa shape index (κ1) is 14.9. The van der Waals surface area contributed by atoms with Crippen LogP contribution < -0.4 is 10.5 Å². The van der Waals surface area contributed by atoms with Crippen LogP contribution >= 0.6 is 0 Å². The molecule has 20 heavy (non-hydrogen) atoms. The van der Waals surface area contributed by atoms with Crippen LogP contribution in [-0.2, 0) is 6.54 Å². The number of methoxy groups -OCH3 is 1. The summed E-state index contributed by atoms with van der Waals surface area (Å²) in [6.07, 6.45) is 1.26. The van der Waals surface area contributed by atoms with Gasteiger partial charge in [0.1, 0.15) is 11.6 Å². The van der Waals surface area contributed by atoms with Gasteiger partial charge in [-0.1, -0.05) is 19.9 Å². The van der Waals surface area contributed by atoms with Crippen molar-refractivity contribution >= 4 is 5.84 Å². The summed E-state index contributed by atoms with van der Waals surface area (Å²) >= 11 is 0. The highest BCUT2D eigenvalue weighted by molar-refractivity contribution is 5.97. The maximum Gasteiger partial charge on any atom is 0.129 e. The van der Waals surface area contributed by atoms with Crippen molar-refractivity contribution in [2.45, 2.75) is 26.8 Å². The van der Waals surface area contributed by atoms with Crippen molar-refractivity contribution in [3.05, 3.63) is 29.3 Å². The zero-order chi connectivity index (χ0) is 14.7. The number of nitrogens with one attached hydrogen (secondary N) is 1. The summed E-state index contributed by atoms with van der Waals surface area (Å²) in [5.74, 6) is 2.29. The van der Waals surface area contributed by atoms with Crippen LogP contribution in [-0.4, -0.2) is 30.9 Å². The van der Waals surface area contributed by atoms with E-state index in [0.717, 1.165) is 31.5 Å². The molecule has 1 heterocycles. The summed E-state index contributed by atoms with van der Waals surface area (Å²) < 4.78 is 5.25. The third-order valence-corrected chi connectivity index (χ3v) is 4.38. The van der Waals surface area contributed by atoms with Crippen molar-refractivity contribution in [3.8, 4) is 5.75 Å². The number of rotatable bonds is 4. The predicted octanol–water partition coefficient (Wildman–Crippen LogP) is 2.46. The molecule has 2 rings (SSSR count). The molecule has 3 N–H and O–H groups in total. The van der Waals surface area contributed by atoms with Gasteiger partial charge in [-0.2, -0.15) is 0 Å². The molecule has 1 saturated heterocycles. The number of piperidine rings is 1. The van der Waals surface area contributed by atoms with E-state index in [9.17, 15) is 0 Å². The molecule has 1 aliphatic rings. The SMILES string of the molecule is COc1ccc(CN2CCC(C)C(C)C2)cc1C(=N)N. The Morgan fingerprint density at radius 2 is 2.15 bits per heavy atom. The molecule has 1 aromatic carbocycles. The third kappa shape index (κ3) is 3.31. The molecule has 2 unspecified atom stereocenters. The summed E-state index contributed by atoms with van der Waals surface area (Å²) in [5, 5.41) is 7.64. The highest BCUT2D eigenvalue weighted by atomic mass is 16.5. The van der Waals surface area contributed by atoms with E-state index in [1.54, 1.807) is 7.11 Å². The van der Waals surface area contributed by atoms with Crippen molar-refractivity contribution in [2.75, 3.05) is 20.2 Å². The van der Waals surface area contributed by atoms with Gasteiger partial charge in [0.15, 0.2) is 0 Å². The molecule has 110 valence electrons. The van der Waals surface area contributed by atoms with Gasteiger partial charge in [0.05, 0.1) is 12.7 Å². The van der Waals surface area contributed by atoms with Gasteiger partial charge in [0, 0.05) is 13.1 Å². The first-order valence-corrected chi connectivity index (χ1v) is 7.25. The molecule has 4 nitrogen and oxygen atoms in total. The Balaban J connectivity index is 2.10. The molecule has 0 radical (unpaired) electrons. The maximum absolute atomic E-state index is 7.64. The number of ether oxygens (including phenoxy) is 1. The largest absolute Gasteiger partial charge is 0.496 e. The van der Waals surface area contributed by atoms with Crippen LogP contribution in [0, 0.1) is 17.2 Å². The Morgan fingerprint density at radius 1 is 1.40 bits per heavy atom. The van der Waals surface area contributed by atoms with E-state index in [2.05, 4.69) is 24.8 Å². The third-order valence-electron chi connectivity index (χ3n) is 4.38. The minimum atomic E-state index is 0.0596. The Morgan fingerprint density at radius 3 is 2.75 bits per heavy atom. The molecule has 0 saturated carbocycles. The average molecular weight is 275 g/mol. The summed E-state index contributed by atoms with van der Waals surface area (Å²) in [6, 6.07) is 5.94. The second-order valence-corrected chi connectivity index (χ2v) is 5.93. The van der Waals surface area contributed by atoms with Gasteiger partial charge in [-0.3, -0.25) is 10.3 Å². The van der Waals surface area contributed by atoms with Gasteiger partial charge in [0.2, 0.25) is 0 Å². The fourth-order valence-corrected chi connectivity index (χ4v) is 2.82. The summed E-state index contributed by atoms with van der Waals surface area (Å²) in [4.78, 5) is 2.48. The Kier molecular flexibility index (Phi) is 4.65. The molecular formula is C16H25N3O. The van der Waals surface area contributed by atoms with Crippen LogP contribution in [0.3, 0.4) is 0 Å². The van der Waals surface area contributed by atoms with Crippen LogP contribution in [0.25, 0.3) is 0 Å². The summed E-state index contributed by atoms with van der Waals surface area (Å²) in [6.45, 7) is 7.87. The van der Waals surface area contributed by atoms with E-state index < -0.39 is 0 Å². The van der Waals surface area contributed by atoms with Crippen molar-refractivity contribution in [1.82, 2.24) is 4.90 Å². The van der Waals surface area contributed by atoms with Gasteiger partial charge in [-0.25, -0.2) is 0 Å². The van der Waals surface area contributed by atoms with Crippen LogP contribution in [0.4, 0.5) is 0 Å². The standard InChI is InChI=1S/C16H25N3O/c1-11-6-7-19(9-12(11)2)10-13-4-5-15(20-3)14(8-13)16(17)18/h4-5,8,11-12H,6-7,9-10H2,1-3H3,(H3,17,18).